The van der Waals surface area contributed by atoms with Crippen LogP contribution in [-0.2, 0) is 24.3 Å². The molecule has 0 bridgehead atoms. The second-order valence-corrected chi connectivity index (χ2v) is 9.26. The lowest BCUT2D eigenvalue weighted by molar-refractivity contribution is -0.140. The highest BCUT2D eigenvalue weighted by Gasteiger charge is 2.29. The van der Waals surface area contributed by atoms with E-state index in [1.807, 2.05) is 0 Å². The van der Waals surface area contributed by atoms with Gasteiger partial charge in [-0.1, -0.05) is 0 Å². The summed E-state index contributed by atoms with van der Waals surface area (Å²) in [5.41, 5.74) is 1.07. The number of sulfonamides is 1. The maximum Gasteiger partial charge on any atom is 0.305 e. The normalized spacial score (nSPS) is 17.7. The Morgan fingerprint density at radius 3 is 2.50 bits per heavy atom. The first-order chi connectivity index (χ1) is 14.4. The second-order valence-electron chi connectivity index (χ2n) is 7.33. The van der Waals surface area contributed by atoms with Crippen molar-refractivity contribution in [2.24, 2.45) is 0 Å². The van der Waals surface area contributed by atoms with Gasteiger partial charge in [0.1, 0.15) is 0 Å². The Hall–Kier alpha value is -2.17. The molecule has 1 aromatic rings. The summed E-state index contributed by atoms with van der Waals surface area (Å²) in [5.74, 6) is -0.679. The molecule has 1 aromatic carbocycles. The molecule has 0 saturated carbocycles. The minimum absolute atomic E-state index is 0.104. The third-order valence-electron chi connectivity index (χ3n) is 5.34. The fourth-order valence-corrected chi connectivity index (χ4v) is 5.09. The molecule has 0 radical (unpaired) electrons. The molecule has 0 unspecified atom stereocenters. The minimum atomic E-state index is -3.70. The van der Waals surface area contributed by atoms with Gasteiger partial charge in [-0.25, -0.2) is 8.42 Å². The van der Waals surface area contributed by atoms with E-state index in [0.29, 0.717) is 44.8 Å². The molecule has 10 heteroatoms. The largest absolute Gasteiger partial charge is 0.469 e. The number of nitrogens with zero attached hydrogens (tertiary/aromatic N) is 2. The van der Waals surface area contributed by atoms with Crippen molar-refractivity contribution < 1.29 is 27.5 Å². The number of carbonyl (C=O) groups excluding carboxylic acids is 2. The Balaban J connectivity index is 1.81. The van der Waals surface area contributed by atoms with Crippen LogP contribution in [0.25, 0.3) is 0 Å². The Bertz CT molecular complexity index is 861. The summed E-state index contributed by atoms with van der Waals surface area (Å²) in [6.45, 7) is 3.28. The van der Waals surface area contributed by atoms with Gasteiger partial charge >= 0.3 is 5.97 Å². The Kier molecular flexibility index (Phi) is 7.68. The number of rotatable bonds is 8. The standard InChI is InChI=1S/C20H29N3O6S/c1-28-19(24)5-4-8-21-20(25)17-15-16(6-7-18(17)22-9-2-3-10-22)30(26,27)23-11-13-29-14-12-23/h6-7,15H,2-5,8-14H2,1H3,(H,21,25). The zero-order chi connectivity index (χ0) is 21.6. The maximum absolute atomic E-state index is 13.0. The van der Waals surface area contributed by atoms with Crippen LogP contribution in [-0.4, -0.2) is 77.6 Å². The molecule has 9 nitrogen and oxygen atoms in total. The van der Waals surface area contributed by atoms with E-state index in [2.05, 4.69) is 15.0 Å². The van der Waals surface area contributed by atoms with Crippen LogP contribution in [0.1, 0.15) is 36.0 Å². The van der Waals surface area contributed by atoms with Crippen LogP contribution in [0.2, 0.25) is 0 Å². The number of esters is 1. The number of hydrogen-bond donors (Lipinski definition) is 1. The molecule has 2 aliphatic rings. The van der Waals surface area contributed by atoms with E-state index < -0.39 is 10.0 Å². The monoisotopic (exact) mass is 439 g/mol. The number of morpholine rings is 1. The van der Waals surface area contributed by atoms with E-state index in [-0.39, 0.29) is 23.2 Å². The molecule has 2 fully saturated rings. The van der Waals surface area contributed by atoms with E-state index in [4.69, 9.17) is 4.74 Å². The molecule has 2 heterocycles. The van der Waals surface area contributed by atoms with Gasteiger partial charge in [0.25, 0.3) is 5.91 Å². The van der Waals surface area contributed by atoms with Crippen molar-refractivity contribution in [2.75, 3.05) is 57.9 Å². The van der Waals surface area contributed by atoms with Crippen LogP contribution in [0.5, 0.6) is 0 Å². The van der Waals surface area contributed by atoms with E-state index in [0.717, 1.165) is 31.6 Å². The quantitative estimate of drug-likeness (QED) is 0.476. The Morgan fingerprint density at radius 1 is 1.13 bits per heavy atom. The van der Waals surface area contributed by atoms with Gasteiger partial charge in [-0.3, -0.25) is 9.59 Å². The smallest absolute Gasteiger partial charge is 0.305 e. The van der Waals surface area contributed by atoms with Crippen molar-refractivity contribution in [3.05, 3.63) is 23.8 Å². The first-order valence-corrected chi connectivity index (χ1v) is 11.7. The second kappa shape index (κ2) is 10.2. The molecule has 30 heavy (non-hydrogen) atoms. The number of anilines is 1. The third kappa shape index (κ3) is 5.30. The van der Waals surface area contributed by atoms with E-state index in [1.54, 1.807) is 12.1 Å². The first-order valence-electron chi connectivity index (χ1n) is 10.3. The molecule has 0 aliphatic carbocycles. The van der Waals surface area contributed by atoms with Gasteiger partial charge < -0.3 is 19.7 Å². The van der Waals surface area contributed by atoms with Gasteiger partial charge in [-0.15, -0.1) is 0 Å². The minimum Gasteiger partial charge on any atom is -0.469 e. The van der Waals surface area contributed by atoms with E-state index in [1.165, 1.54) is 17.5 Å². The highest BCUT2D eigenvalue weighted by atomic mass is 32.2. The van der Waals surface area contributed by atoms with Gasteiger partial charge in [0.15, 0.2) is 0 Å². The SMILES string of the molecule is COC(=O)CCCNC(=O)c1cc(S(=O)(=O)N2CCOCC2)ccc1N1CCCC1. The van der Waals surface area contributed by atoms with Crippen molar-refractivity contribution in [3.63, 3.8) is 0 Å². The zero-order valence-corrected chi connectivity index (χ0v) is 18.1. The summed E-state index contributed by atoms with van der Waals surface area (Å²) in [7, 11) is -2.38. The summed E-state index contributed by atoms with van der Waals surface area (Å²) in [6.07, 6.45) is 2.73. The van der Waals surface area contributed by atoms with Crippen LogP contribution >= 0.6 is 0 Å². The number of hydrogen-bond acceptors (Lipinski definition) is 7. The zero-order valence-electron chi connectivity index (χ0n) is 17.3. The number of nitrogens with one attached hydrogen (secondary N) is 1. The molecule has 2 saturated heterocycles. The summed E-state index contributed by atoms with van der Waals surface area (Å²) in [5, 5.41) is 2.80. The van der Waals surface area contributed by atoms with Crippen LogP contribution in [0, 0.1) is 0 Å². The summed E-state index contributed by atoms with van der Waals surface area (Å²) >= 11 is 0. The van der Waals surface area contributed by atoms with Crippen molar-refractivity contribution in [1.82, 2.24) is 9.62 Å². The van der Waals surface area contributed by atoms with Gasteiger partial charge in [-0.05, 0) is 37.5 Å². The molecule has 0 aromatic heterocycles. The van der Waals surface area contributed by atoms with Crippen LogP contribution in [0.15, 0.2) is 23.1 Å². The van der Waals surface area contributed by atoms with Crippen LogP contribution < -0.4 is 10.2 Å². The molecule has 0 atom stereocenters. The summed E-state index contributed by atoms with van der Waals surface area (Å²) in [4.78, 5) is 26.4. The predicted octanol–water partition coefficient (Wildman–Crippen LogP) is 0.991. The molecule has 3 rings (SSSR count). The Labute approximate surface area is 177 Å². The van der Waals surface area contributed by atoms with E-state index in [9.17, 15) is 18.0 Å². The van der Waals surface area contributed by atoms with Gasteiger partial charge in [-0.2, -0.15) is 4.31 Å². The Morgan fingerprint density at radius 2 is 1.83 bits per heavy atom. The number of ether oxygens (including phenoxy) is 2. The van der Waals surface area contributed by atoms with Gasteiger partial charge in [0.2, 0.25) is 10.0 Å². The third-order valence-corrected chi connectivity index (χ3v) is 7.23. The van der Waals surface area contributed by atoms with Gasteiger partial charge in [0, 0.05) is 44.8 Å². The number of carbonyl (C=O) groups is 2. The van der Waals surface area contributed by atoms with Crippen molar-refractivity contribution in [1.29, 1.82) is 0 Å². The predicted molar refractivity (Wildman–Crippen MR) is 111 cm³/mol. The fourth-order valence-electron chi connectivity index (χ4n) is 3.66. The molecule has 0 spiro atoms. The van der Waals surface area contributed by atoms with Crippen molar-refractivity contribution >= 4 is 27.6 Å². The lowest BCUT2D eigenvalue weighted by atomic mass is 10.1. The molecule has 1 amide bonds. The maximum atomic E-state index is 13.0. The number of methoxy groups -OCH3 is 1. The fraction of sp³-hybridized carbons (Fsp3) is 0.600. The average Bonchev–Trinajstić information content (AvgIpc) is 3.31. The topological polar surface area (TPSA) is 105 Å². The van der Waals surface area contributed by atoms with Gasteiger partial charge in [0.05, 0.1) is 30.8 Å². The number of amides is 1. The van der Waals surface area contributed by atoms with Crippen molar-refractivity contribution in [3.8, 4) is 0 Å². The highest BCUT2D eigenvalue weighted by molar-refractivity contribution is 7.89. The molecule has 166 valence electrons. The lowest BCUT2D eigenvalue weighted by Crippen LogP contribution is -2.40. The first kappa shape index (κ1) is 22.5. The van der Waals surface area contributed by atoms with Crippen molar-refractivity contribution in [2.45, 2.75) is 30.6 Å². The number of benzene rings is 1. The van der Waals surface area contributed by atoms with E-state index >= 15 is 0 Å². The summed E-state index contributed by atoms with van der Waals surface area (Å²) < 4.78 is 37.3. The molecular weight excluding hydrogens is 410 g/mol. The lowest BCUT2D eigenvalue weighted by Gasteiger charge is -2.27. The average molecular weight is 440 g/mol. The molecular formula is C20H29N3O6S. The van der Waals surface area contributed by atoms with Crippen LogP contribution in [0.4, 0.5) is 5.69 Å². The molecule has 2 aliphatic heterocycles. The summed E-state index contributed by atoms with van der Waals surface area (Å²) in [6, 6.07) is 4.77. The molecule has 1 N–H and O–H groups in total. The van der Waals surface area contributed by atoms with Crippen LogP contribution in [0.3, 0.4) is 0 Å². The highest BCUT2D eigenvalue weighted by Crippen LogP contribution is 2.28.